The second kappa shape index (κ2) is 19.5. The van der Waals surface area contributed by atoms with Gasteiger partial charge in [-0.25, -0.2) is 0 Å². The maximum absolute atomic E-state index is 13.6. The van der Waals surface area contributed by atoms with Crippen molar-refractivity contribution in [1.29, 1.82) is 0 Å². The topological polar surface area (TPSA) is 99.1 Å². The van der Waals surface area contributed by atoms with Crippen molar-refractivity contribution in [2.24, 2.45) is 5.92 Å². The predicted molar refractivity (Wildman–Crippen MR) is 169 cm³/mol. The van der Waals surface area contributed by atoms with E-state index in [0.717, 1.165) is 29.3 Å². The second-order valence-electron chi connectivity index (χ2n) is 11.3. The molecule has 1 aromatic rings. The summed E-state index contributed by atoms with van der Waals surface area (Å²) in [5.74, 6) is 0.730. The molecule has 0 fully saturated rings. The Morgan fingerprint density at radius 3 is 2.35 bits per heavy atom. The van der Waals surface area contributed by atoms with E-state index in [-0.39, 0.29) is 31.4 Å². The van der Waals surface area contributed by atoms with E-state index < -0.39 is 18.2 Å². The third kappa shape index (κ3) is 12.1. The zero-order chi connectivity index (χ0) is 29.3. The average Bonchev–Trinajstić information content (AvgIpc) is 2.93. The number of carbonyl (C=O) groups excluding carboxylic acids is 2. The number of aliphatic hydroxyl groups is 2. The molecule has 2 amide bonds. The summed E-state index contributed by atoms with van der Waals surface area (Å²) in [6.45, 7) is 6.98. The summed E-state index contributed by atoms with van der Waals surface area (Å²) in [4.78, 5) is 28.4. The first-order chi connectivity index (χ1) is 19.3. The largest absolute Gasteiger partial charge is 0.482 e. The fourth-order valence-corrected chi connectivity index (χ4v) is 5.58. The summed E-state index contributed by atoms with van der Waals surface area (Å²) in [5, 5.41) is 23.5. The van der Waals surface area contributed by atoms with Crippen molar-refractivity contribution in [3.63, 3.8) is 0 Å². The molecule has 0 aromatic heterocycles. The minimum atomic E-state index is -0.982. The Morgan fingerprint density at radius 2 is 1.73 bits per heavy atom. The number of amides is 2. The van der Waals surface area contributed by atoms with E-state index in [0.29, 0.717) is 30.2 Å². The van der Waals surface area contributed by atoms with E-state index >= 15 is 0 Å². The minimum Gasteiger partial charge on any atom is -0.482 e. The standard InChI is InChI=1S/C32H51IN2O5/c1-4-5-6-7-8-9-10-11-12-17-30(37)35(20-18-24(2)3)27-22-25(32(39)34-19-21-36)23-29(31(27)38)40-28-16-14-13-15-26(28)33/h13-16,23-24,27,29,31,36,38H,4-12,17-22H2,1-3H3,(H,34,39). The SMILES string of the molecule is CCCCCCCCCCCC(=O)N(CCC(C)C)C1CC(C(=O)NCCO)=CC(Oc2ccccc2I)C1O. The van der Waals surface area contributed by atoms with Crippen LogP contribution in [0.2, 0.25) is 0 Å². The van der Waals surface area contributed by atoms with Crippen LogP contribution in [-0.2, 0) is 9.59 Å². The lowest BCUT2D eigenvalue weighted by atomic mass is 9.87. The van der Waals surface area contributed by atoms with Gasteiger partial charge in [0.25, 0.3) is 0 Å². The van der Waals surface area contributed by atoms with E-state index in [1.165, 1.54) is 38.5 Å². The van der Waals surface area contributed by atoms with E-state index in [4.69, 9.17) is 4.74 Å². The Hall–Kier alpha value is -1.65. The number of nitrogens with zero attached hydrogens (tertiary/aromatic N) is 1. The maximum atomic E-state index is 13.6. The highest BCUT2D eigenvalue weighted by Gasteiger charge is 2.40. The van der Waals surface area contributed by atoms with Gasteiger partial charge >= 0.3 is 0 Å². The first kappa shape index (κ1) is 34.6. The summed E-state index contributed by atoms with van der Waals surface area (Å²) in [6, 6.07) is 6.97. The van der Waals surface area contributed by atoms with Crippen molar-refractivity contribution in [2.45, 2.75) is 116 Å². The molecule has 40 heavy (non-hydrogen) atoms. The number of para-hydroxylation sites is 1. The van der Waals surface area contributed by atoms with Gasteiger partial charge in [-0.15, -0.1) is 0 Å². The van der Waals surface area contributed by atoms with Gasteiger partial charge < -0.3 is 25.2 Å². The van der Waals surface area contributed by atoms with Gasteiger partial charge in [-0.2, -0.15) is 0 Å². The zero-order valence-electron chi connectivity index (χ0n) is 24.7. The van der Waals surface area contributed by atoms with E-state index in [1.54, 1.807) is 11.0 Å². The summed E-state index contributed by atoms with van der Waals surface area (Å²) in [5.41, 5.74) is 0.463. The fourth-order valence-electron chi connectivity index (χ4n) is 5.07. The molecular formula is C32H51IN2O5. The van der Waals surface area contributed by atoms with E-state index in [9.17, 15) is 19.8 Å². The molecule has 0 heterocycles. The highest BCUT2D eigenvalue weighted by Crippen LogP contribution is 2.30. The summed E-state index contributed by atoms with van der Waals surface area (Å²) < 4.78 is 7.12. The number of benzene rings is 1. The first-order valence-electron chi connectivity index (χ1n) is 15.3. The van der Waals surface area contributed by atoms with Crippen molar-refractivity contribution < 1.29 is 24.5 Å². The van der Waals surface area contributed by atoms with E-state index in [2.05, 4.69) is 48.7 Å². The molecular weight excluding hydrogens is 619 g/mol. The number of halogens is 1. The van der Waals surface area contributed by atoms with Gasteiger partial charge in [0.1, 0.15) is 18.0 Å². The third-order valence-electron chi connectivity index (χ3n) is 7.48. The van der Waals surface area contributed by atoms with Gasteiger partial charge in [0, 0.05) is 31.5 Å². The zero-order valence-corrected chi connectivity index (χ0v) is 26.9. The quantitative estimate of drug-likeness (QED) is 0.124. The average molecular weight is 671 g/mol. The molecule has 1 aromatic carbocycles. The lowest BCUT2D eigenvalue weighted by Gasteiger charge is -2.41. The molecule has 226 valence electrons. The van der Waals surface area contributed by atoms with Gasteiger partial charge in [0.05, 0.1) is 16.2 Å². The van der Waals surface area contributed by atoms with Crippen LogP contribution < -0.4 is 10.1 Å². The van der Waals surface area contributed by atoms with Crippen LogP contribution in [0.25, 0.3) is 0 Å². The number of aliphatic hydroxyl groups excluding tert-OH is 2. The molecule has 7 nitrogen and oxygen atoms in total. The number of nitrogens with one attached hydrogen (secondary N) is 1. The Bertz CT molecular complexity index is 922. The van der Waals surface area contributed by atoms with Gasteiger partial charge in [-0.05, 0) is 59.6 Å². The molecule has 0 bridgehead atoms. The maximum Gasteiger partial charge on any atom is 0.247 e. The Kier molecular flexibility index (Phi) is 16.8. The predicted octanol–water partition coefficient (Wildman–Crippen LogP) is 6.00. The van der Waals surface area contributed by atoms with Crippen molar-refractivity contribution in [1.82, 2.24) is 10.2 Å². The molecule has 0 spiro atoms. The lowest BCUT2D eigenvalue weighted by Crippen LogP contribution is -2.55. The molecule has 2 rings (SSSR count). The number of carbonyl (C=O) groups is 2. The molecule has 1 aliphatic rings. The number of unbranched alkanes of at least 4 members (excludes halogenated alkanes) is 8. The number of ether oxygens (including phenoxy) is 1. The van der Waals surface area contributed by atoms with Crippen LogP contribution in [0.3, 0.4) is 0 Å². The van der Waals surface area contributed by atoms with Gasteiger partial charge in [0.2, 0.25) is 11.8 Å². The van der Waals surface area contributed by atoms with Gasteiger partial charge in [-0.1, -0.05) is 84.3 Å². The fraction of sp³-hybridized carbons (Fsp3) is 0.688. The second-order valence-corrected chi connectivity index (χ2v) is 12.5. The lowest BCUT2D eigenvalue weighted by molar-refractivity contribution is -0.139. The van der Waals surface area contributed by atoms with Gasteiger partial charge in [-0.3, -0.25) is 9.59 Å². The molecule has 0 radical (unpaired) electrons. The number of hydrogen-bond acceptors (Lipinski definition) is 5. The molecule has 0 saturated carbocycles. The molecule has 3 atom stereocenters. The smallest absolute Gasteiger partial charge is 0.247 e. The summed E-state index contributed by atoms with van der Waals surface area (Å²) in [7, 11) is 0. The van der Waals surface area contributed by atoms with Crippen LogP contribution in [0, 0.1) is 9.49 Å². The van der Waals surface area contributed by atoms with Crippen molar-refractivity contribution >= 4 is 34.4 Å². The molecule has 0 saturated heterocycles. The molecule has 3 unspecified atom stereocenters. The van der Waals surface area contributed by atoms with Crippen molar-refractivity contribution in [2.75, 3.05) is 19.7 Å². The van der Waals surface area contributed by atoms with Crippen molar-refractivity contribution in [3.8, 4) is 5.75 Å². The first-order valence-corrected chi connectivity index (χ1v) is 16.3. The Balaban J connectivity index is 2.14. The highest BCUT2D eigenvalue weighted by atomic mass is 127. The highest BCUT2D eigenvalue weighted by molar-refractivity contribution is 14.1. The molecule has 3 N–H and O–H groups in total. The monoisotopic (exact) mass is 670 g/mol. The molecule has 8 heteroatoms. The van der Waals surface area contributed by atoms with Crippen molar-refractivity contribution in [3.05, 3.63) is 39.5 Å². The van der Waals surface area contributed by atoms with Crippen LogP contribution >= 0.6 is 22.6 Å². The minimum absolute atomic E-state index is 0.0257. The van der Waals surface area contributed by atoms with Crippen LogP contribution in [0.1, 0.15) is 97.8 Å². The van der Waals surface area contributed by atoms with E-state index in [1.807, 2.05) is 24.3 Å². The summed E-state index contributed by atoms with van der Waals surface area (Å²) in [6.07, 6.45) is 12.0. The van der Waals surface area contributed by atoms with Crippen LogP contribution in [0.4, 0.5) is 0 Å². The molecule has 1 aliphatic carbocycles. The Morgan fingerprint density at radius 1 is 1.07 bits per heavy atom. The molecule has 0 aliphatic heterocycles. The number of rotatable bonds is 19. The van der Waals surface area contributed by atoms with Crippen LogP contribution in [0.5, 0.6) is 5.75 Å². The summed E-state index contributed by atoms with van der Waals surface area (Å²) >= 11 is 2.18. The van der Waals surface area contributed by atoms with Crippen LogP contribution in [0.15, 0.2) is 35.9 Å². The van der Waals surface area contributed by atoms with Crippen LogP contribution in [-0.4, -0.2) is 64.9 Å². The Labute approximate surface area is 255 Å². The number of hydrogen-bond donors (Lipinski definition) is 3. The van der Waals surface area contributed by atoms with Gasteiger partial charge in [0.15, 0.2) is 0 Å². The third-order valence-corrected chi connectivity index (χ3v) is 8.37. The normalized spacial score (nSPS) is 18.9.